The van der Waals surface area contributed by atoms with Gasteiger partial charge in [0.05, 0.1) is 5.56 Å². The fourth-order valence-corrected chi connectivity index (χ4v) is 2.77. The molecule has 0 bridgehead atoms. The summed E-state index contributed by atoms with van der Waals surface area (Å²) in [6.45, 7) is 2.26. The van der Waals surface area contributed by atoms with Gasteiger partial charge in [-0.1, -0.05) is 12.1 Å². The highest BCUT2D eigenvalue weighted by molar-refractivity contribution is 5.94. The van der Waals surface area contributed by atoms with Crippen LogP contribution in [0.5, 0.6) is 0 Å². The molecule has 0 aliphatic rings. The van der Waals surface area contributed by atoms with Gasteiger partial charge in [-0.05, 0) is 48.9 Å². The number of rotatable bonds is 3. The first-order chi connectivity index (χ1) is 11.8. The highest BCUT2D eigenvalue weighted by Crippen LogP contribution is 2.29. The molecule has 3 nitrogen and oxygen atoms in total. The van der Waals surface area contributed by atoms with E-state index in [1.807, 2.05) is 38.2 Å². The maximum Gasteiger partial charge on any atom is 0.416 e. The van der Waals surface area contributed by atoms with Crippen LogP contribution in [0.1, 0.15) is 27.2 Å². The lowest BCUT2D eigenvalue weighted by molar-refractivity contribution is -0.137. The third-order valence-corrected chi connectivity index (χ3v) is 4.25. The number of carbonyl (C=O) groups excluding carboxylic acids is 1. The van der Waals surface area contributed by atoms with Crippen LogP contribution in [0.4, 0.5) is 13.2 Å². The van der Waals surface area contributed by atoms with E-state index in [0.29, 0.717) is 0 Å². The number of halogens is 3. The second-order valence-electron chi connectivity index (χ2n) is 6.00. The molecule has 0 aliphatic heterocycles. The Labute approximate surface area is 143 Å². The maximum atomic E-state index is 12.7. The van der Waals surface area contributed by atoms with Gasteiger partial charge in [0.2, 0.25) is 0 Å². The van der Waals surface area contributed by atoms with Gasteiger partial charge in [-0.2, -0.15) is 13.2 Å². The average molecular weight is 346 g/mol. The van der Waals surface area contributed by atoms with E-state index in [2.05, 4.69) is 9.88 Å². The van der Waals surface area contributed by atoms with Crippen LogP contribution in [0.25, 0.3) is 10.9 Å². The maximum absolute atomic E-state index is 12.7. The van der Waals surface area contributed by atoms with Gasteiger partial charge in [0, 0.05) is 35.8 Å². The highest BCUT2D eigenvalue weighted by Gasteiger charge is 2.30. The molecular weight excluding hydrogens is 329 g/mol. The molecule has 0 saturated heterocycles. The van der Waals surface area contributed by atoms with E-state index in [4.69, 9.17) is 0 Å². The summed E-state index contributed by atoms with van der Waals surface area (Å²) in [7, 11) is 1.98. The average Bonchev–Trinajstić information content (AvgIpc) is 2.86. The third-order valence-electron chi connectivity index (χ3n) is 4.25. The van der Waals surface area contributed by atoms with E-state index >= 15 is 0 Å². The summed E-state index contributed by atoms with van der Waals surface area (Å²) in [5, 5.41) is 3.73. The lowest BCUT2D eigenvalue weighted by atomic mass is 10.1. The van der Waals surface area contributed by atoms with Crippen LogP contribution in [0.3, 0.4) is 0 Å². The largest absolute Gasteiger partial charge is 0.416 e. The van der Waals surface area contributed by atoms with Crippen LogP contribution in [0.2, 0.25) is 0 Å². The van der Waals surface area contributed by atoms with Crippen molar-refractivity contribution in [2.75, 3.05) is 0 Å². The number of nitrogens with one attached hydrogen (secondary N) is 1. The van der Waals surface area contributed by atoms with Crippen LogP contribution in [0.15, 0.2) is 48.5 Å². The van der Waals surface area contributed by atoms with Gasteiger partial charge in [0.15, 0.2) is 0 Å². The summed E-state index contributed by atoms with van der Waals surface area (Å²) in [5.74, 6) is -0.532. The Morgan fingerprint density at radius 1 is 1.12 bits per heavy atom. The zero-order chi connectivity index (χ0) is 18.2. The number of aromatic nitrogens is 1. The molecule has 0 unspecified atom stereocenters. The fourth-order valence-electron chi connectivity index (χ4n) is 2.77. The molecule has 2 aromatic carbocycles. The van der Waals surface area contributed by atoms with Gasteiger partial charge in [-0.25, -0.2) is 0 Å². The molecule has 0 fully saturated rings. The first-order valence-corrected chi connectivity index (χ1v) is 7.76. The molecule has 1 N–H and O–H groups in total. The summed E-state index contributed by atoms with van der Waals surface area (Å²) in [6.07, 6.45) is -4.47. The number of hydrogen-bond acceptors (Lipinski definition) is 1. The van der Waals surface area contributed by atoms with E-state index in [1.54, 1.807) is 0 Å². The second kappa shape index (κ2) is 6.27. The minimum Gasteiger partial charge on any atom is -0.348 e. The quantitative estimate of drug-likeness (QED) is 0.748. The zero-order valence-corrected chi connectivity index (χ0v) is 13.8. The molecule has 6 heteroatoms. The molecule has 0 saturated carbocycles. The number of aryl methyl sites for hydroxylation is 2. The van der Waals surface area contributed by atoms with Crippen LogP contribution in [0, 0.1) is 6.92 Å². The van der Waals surface area contributed by atoms with E-state index in [0.717, 1.165) is 34.3 Å². The van der Waals surface area contributed by atoms with E-state index in [1.165, 1.54) is 12.1 Å². The van der Waals surface area contributed by atoms with E-state index < -0.39 is 17.6 Å². The Morgan fingerprint density at radius 3 is 2.60 bits per heavy atom. The predicted molar refractivity (Wildman–Crippen MR) is 90.3 cm³/mol. The number of nitrogens with zero attached hydrogens (tertiary/aromatic N) is 1. The van der Waals surface area contributed by atoms with Crippen molar-refractivity contribution < 1.29 is 18.0 Å². The Bertz CT molecular complexity index is 941. The normalized spacial score (nSPS) is 11.7. The zero-order valence-electron chi connectivity index (χ0n) is 13.8. The molecule has 0 aliphatic carbocycles. The number of amides is 1. The minimum atomic E-state index is -4.47. The van der Waals surface area contributed by atoms with E-state index in [-0.39, 0.29) is 12.1 Å². The first kappa shape index (κ1) is 17.1. The molecule has 3 rings (SSSR count). The number of carbonyl (C=O) groups is 1. The Morgan fingerprint density at radius 2 is 1.88 bits per heavy atom. The van der Waals surface area contributed by atoms with Gasteiger partial charge in [-0.15, -0.1) is 0 Å². The molecule has 1 amide bonds. The molecule has 130 valence electrons. The van der Waals surface area contributed by atoms with Crippen molar-refractivity contribution in [1.29, 1.82) is 0 Å². The fraction of sp³-hybridized carbons (Fsp3) is 0.211. The SMILES string of the molecule is Cc1cc2cc(CNC(=O)c3cccc(C(F)(F)F)c3)ccc2n1C. The van der Waals surface area contributed by atoms with Crippen molar-refractivity contribution in [3.8, 4) is 0 Å². The summed E-state index contributed by atoms with van der Waals surface area (Å²) >= 11 is 0. The minimum absolute atomic E-state index is 0.00791. The van der Waals surface area contributed by atoms with Gasteiger partial charge in [0.1, 0.15) is 0 Å². The monoisotopic (exact) mass is 346 g/mol. The van der Waals surface area contributed by atoms with Gasteiger partial charge in [-0.3, -0.25) is 4.79 Å². The van der Waals surface area contributed by atoms with Crippen molar-refractivity contribution in [1.82, 2.24) is 9.88 Å². The van der Waals surface area contributed by atoms with Gasteiger partial charge >= 0.3 is 6.18 Å². The van der Waals surface area contributed by atoms with Crippen molar-refractivity contribution >= 4 is 16.8 Å². The number of hydrogen-bond donors (Lipinski definition) is 1. The molecule has 3 aromatic rings. The second-order valence-corrected chi connectivity index (χ2v) is 6.00. The first-order valence-electron chi connectivity index (χ1n) is 7.76. The van der Waals surface area contributed by atoms with Crippen LogP contribution >= 0.6 is 0 Å². The summed E-state index contributed by atoms with van der Waals surface area (Å²) in [4.78, 5) is 12.1. The van der Waals surface area contributed by atoms with Crippen molar-refractivity contribution in [3.63, 3.8) is 0 Å². The number of fused-ring (bicyclic) bond motifs is 1. The highest BCUT2D eigenvalue weighted by atomic mass is 19.4. The number of alkyl halides is 3. The lowest BCUT2D eigenvalue weighted by Crippen LogP contribution is -2.23. The van der Waals surface area contributed by atoms with Crippen molar-refractivity contribution in [2.45, 2.75) is 19.6 Å². The van der Waals surface area contributed by atoms with Crippen LogP contribution < -0.4 is 5.32 Å². The van der Waals surface area contributed by atoms with E-state index in [9.17, 15) is 18.0 Å². The smallest absolute Gasteiger partial charge is 0.348 e. The molecule has 0 spiro atoms. The molecule has 1 heterocycles. The van der Waals surface area contributed by atoms with Gasteiger partial charge in [0.25, 0.3) is 5.91 Å². The summed E-state index contributed by atoms with van der Waals surface area (Å²) in [6, 6.07) is 12.3. The summed E-state index contributed by atoms with van der Waals surface area (Å²) in [5.41, 5.74) is 2.26. The summed E-state index contributed by atoms with van der Waals surface area (Å²) < 4.78 is 40.3. The molecule has 25 heavy (non-hydrogen) atoms. The van der Waals surface area contributed by atoms with Crippen LogP contribution in [-0.4, -0.2) is 10.5 Å². The van der Waals surface area contributed by atoms with Crippen molar-refractivity contribution in [3.05, 3.63) is 70.9 Å². The predicted octanol–water partition coefficient (Wildman–Crippen LogP) is 4.44. The molecule has 1 aromatic heterocycles. The molecular formula is C19H17F3N2O. The third kappa shape index (κ3) is 3.52. The lowest BCUT2D eigenvalue weighted by Gasteiger charge is -2.09. The molecule has 0 radical (unpaired) electrons. The number of benzene rings is 2. The van der Waals surface area contributed by atoms with Gasteiger partial charge < -0.3 is 9.88 Å². The Hall–Kier alpha value is -2.76. The topological polar surface area (TPSA) is 34.0 Å². The molecule has 0 atom stereocenters. The van der Waals surface area contributed by atoms with Crippen LogP contribution in [-0.2, 0) is 19.8 Å². The Balaban J connectivity index is 1.74. The Kier molecular flexibility index (Phi) is 4.29. The standard InChI is InChI=1S/C19H17F3N2O/c1-12-8-15-9-13(6-7-17(15)24(12)2)11-23-18(25)14-4-3-5-16(10-14)19(20,21)22/h3-10H,11H2,1-2H3,(H,23,25). The van der Waals surface area contributed by atoms with Crippen molar-refractivity contribution in [2.24, 2.45) is 7.05 Å².